The first kappa shape index (κ1) is 45.6. The van der Waals surface area contributed by atoms with Crippen molar-refractivity contribution in [2.75, 3.05) is 21.2 Å². The third-order valence-electron chi connectivity index (χ3n) is 12.8. The van der Waals surface area contributed by atoms with Crippen molar-refractivity contribution in [2.24, 2.45) is 5.10 Å². The highest BCUT2D eigenvalue weighted by Gasteiger charge is 2.53. The summed E-state index contributed by atoms with van der Waals surface area (Å²) in [7, 11) is 4.92. The van der Waals surface area contributed by atoms with Crippen LogP contribution in [0.5, 0.6) is 11.5 Å². The lowest BCUT2D eigenvalue weighted by Gasteiger charge is -2.48. The van der Waals surface area contributed by atoms with Gasteiger partial charge in [0.2, 0.25) is 11.7 Å². The quantitative estimate of drug-likeness (QED) is 0.145. The predicted octanol–water partition coefficient (Wildman–Crippen LogP) is 3.08. The fraction of sp³-hybridized carbons (Fsp3) is 0.614. The number of aliphatic hydroxyl groups is 2. The number of carbonyl (C=O) groups excluding carboxylic acids is 4. The second-order valence-corrected chi connectivity index (χ2v) is 17.1. The van der Waals surface area contributed by atoms with Crippen LogP contribution in [0.15, 0.2) is 29.4 Å². The van der Waals surface area contributed by atoms with Gasteiger partial charge in [0, 0.05) is 55.3 Å². The summed E-state index contributed by atoms with van der Waals surface area (Å²) in [5.41, 5.74) is 0.608. The van der Waals surface area contributed by atoms with E-state index in [0.717, 1.165) is 0 Å². The van der Waals surface area contributed by atoms with E-state index >= 15 is 0 Å². The van der Waals surface area contributed by atoms with Crippen LogP contribution in [0.4, 0.5) is 0 Å². The van der Waals surface area contributed by atoms with Crippen molar-refractivity contribution in [3.05, 3.63) is 57.6 Å². The van der Waals surface area contributed by atoms with Crippen molar-refractivity contribution < 1.29 is 72.8 Å². The summed E-state index contributed by atoms with van der Waals surface area (Å²) in [6, 6.07) is 5.10. The number of amides is 1. The molecule has 3 fully saturated rings. The number of rotatable bonds is 10. The van der Waals surface area contributed by atoms with E-state index in [1.165, 1.54) is 38.3 Å². The number of hydrogen-bond donors (Lipinski definition) is 5. The molecule has 1 amide bonds. The van der Waals surface area contributed by atoms with Crippen LogP contribution in [-0.4, -0.2) is 143 Å². The van der Waals surface area contributed by atoms with Gasteiger partial charge in [0.05, 0.1) is 60.1 Å². The Hall–Kier alpha value is -4.37. The van der Waals surface area contributed by atoms with Crippen molar-refractivity contribution in [1.29, 1.82) is 0 Å². The van der Waals surface area contributed by atoms with E-state index in [1.807, 2.05) is 32.8 Å². The lowest BCUT2D eigenvalue weighted by Crippen LogP contribution is -2.58. The SMILES string of the molecule is CC[C@@]1(O)C[C@H](O[C@H]2CC(N(C)C)C(O[C@H]3C[C@H](O)[C@@H](O[C@H]4CC/C(=N/NC(C)=O)C(C)O4)C(C)O3)C(C)O2)c2c(cc3c(c2O)C(=O)c2c(O)cccc2C3=O)[C@H]1C(=O)OC. The van der Waals surface area contributed by atoms with Gasteiger partial charge >= 0.3 is 5.97 Å². The van der Waals surface area contributed by atoms with Crippen LogP contribution in [0.2, 0.25) is 0 Å². The maximum Gasteiger partial charge on any atom is 0.316 e. The first-order valence-corrected chi connectivity index (χ1v) is 21.1. The summed E-state index contributed by atoms with van der Waals surface area (Å²) in [4.78, 5) is 54.5. The van der Waals surface area contributed by atoms with Crippen LogP contribution in [-0.2, 0) is 42.7 Å². The lowest BCUT2D eigenvalue weighted by molar-refractivity contribution is -0.324. The molecule has 0 saturated carbocycles. The number of esters is 1. The molecule has 338 valence electrons. The Kier molecular flexibility index (Phi) is 13.3. The van der Waals surface area contributed by atoms with Gasteiger partial charge in [-0.25, -0.2) is 5.43 Å². The molecule has 2 aromatic rings. The fourth-order valence-electron chi connectivity index (χ4n) is 9.58. The molecule has 7 rings (SSSR count). The van der Waals surface area contributed by atoms with Crippen molar-refractivity contribution in [2.45, 2.75) is 152 Å². The van der Waals surface area contributed by atoms with Crippen LogP contribution in [0, 0.1) is 0 Å². The van der Waals surface area contributed by atoms with Crippen LogP contribution in [0.1, 0.15) is 128 Å². The molecule has 3 aliphatic heterocycles. The zero-order chi connectivity index (χ0) is 44.9. The molecule has 0 aromatic heterocycles. The van der Waals surface area contributed by atoms with E-state index in [-0.39, 0.29) is 71.0 Å². The summed E-state index contributed by atoms with van der Waals surface area (Å²) < 4.78 is 43.2. The molecule has 3 heterocycles. The normalized spacial score (nSPS) is 35.2. The average molecular weight is 868 g/mol. The van der Waals surface area contributed by atoms with E-state index in [2.05, 4.69) is 10.5 Å². The molecule has 5 aliphatic rings. The van der Waals surface area contributed by atoms with Crippen molar-refractivity contribution >= 4 is 29.2 Å². The van der Waals surface area contributed by atoms with E-state index in [9.17, 15) is 39.6 Å². The smallest absolute Gasteiger partial charge is 0.316 e. The Morgan fingerprint density at radius 3 is 2.24 bits per heavy atom. The molecule has 2 aromatic carbocycles. The number of nitrogens with zero attached hydrogens (tertiary/aromatic N) is 2. The number of methoxy groups -OCH3 is 1. The van der Waals surface area contributed by atoms with Gasteiger partial charge in [-0.2, -0.15) is 5.10 Å². The summed E-state index contributed by atoms with van der Waals surface area (Å²) in [5, 5.41) is 50.2. The van der Waals surface area contributed by atoms with Crippen molar-refractivity contribution in [3.63, 3.8) is 0 Å². The zero-order valence-electron chi connectivity index (χ0n) is 36.2. The maximum absolute atomic E-state index is 14.0. The summed E-state index contributed by atoms with van der Waals surface area (Å²) in [6.07, 6.45) is -6.23. The third kappa shape index (κ3) is 8.52. The molecular weight excluding hydrogens is 810 g/mol. The van der Waals surface area contributed by atoms with Crippen molar-refractivity contribution in [1.82, 2.24) is 10.3 Å². The van der Waals surface area contributed by atoms with E-state index in [0.29, 0.717) is 18.6 Å². The number of benzene rings is 2. The molecule has 18 nitrogen and oxygen atoms in total. The topological polar surface area (TPSA) is 241 Å². The summed E-state index contributed by atoms with van der Waals surface area (Å²) in [6.45, 7) is 8.48. The molecule has 0 radical (unpaired) electrons. The first-order valence-electron chi connectivity index (χ1n) is 21.1. The van der Waals surface area contributed by atoms with Crippen LogP contribution in [0.25, 0.3) is 0 Å². The summed E-state index contributed by atoms with van der Waals surface area (Å²) >= 11 is 0. The number of nitrogens with one attached hydrogen (secondary N) is 1. The van der Waals surface area contributed by atoms with Gasteiger partial charge in [0.1, 0.15) is 29.6 Å². The largest absolute Gasteiger partial charge is 0.507 e. The second kappa shape index (κ2) is 18.0. The molecule has 5 unspecified atom stereocenters. The summed E-state index contributed by atoms with van der Waals surface area (Å²) in [5.74, 6) is -4.90. The Morgan fingerprint density at radius 1 is 0.935 bits per heavy atom. The maximum atomic E-state index is 14.0. The molecule has 62 heavy (non-hydrogen) atoms. The van der Waals surface area contributed by atoms with Gasteiger partial charge in [-0.3, -0.25) is 19.2 Å². The average Bonchev–Trinajstić information content (AvgIpc) is 3.21. The number of likely N-dealkylation sites (N-methyl/N-ethyl adjacent to an activating group) is 1. The number of ether oxygens (including phenoxy) is 7. The minimum Gasteiger partial charge on any atom is -0.507 e. The number of hydrogen-bond acceptors (Lipinski definition) is 17. The van der Waals surface area contributed by atoms with Crippen LogP contribution in [0.3, 0.4) is 0 Å². The minimum absolute atomic E-state index is 0.0234. The molecule has 18 heteroatoms. The van der Waals surface area contributed by atoms with Gasteiger partial charge in [0.15, 0.2) is 24.7 Å². The van der Waals surface area contributed by atoms with Crippen LogP contribution < -0.4 is 5.43 Å². The number of fused-ring (bicyclic) bond motifs is 3. The number of hydrazone groups is 1. The van der Waals surface area contributed by atoms with Gasteiger partial charge in [-0.15, -0.1) is 0 Å². The number of phenols is 2. The monoisotopic (exact) mass is 867 g/mol. The van der Waals surface area contributed by atoms with Crippen molar-refractivity contribution in [3.8, 4) is 11.5 Å². The standard InChI is InChI=1S/C44H57N3O15/c1-9-44(55)18-30(35-24(37(44)43(54)56-8)15-25-36(40(35)53)39(52)34-23(38(25)51)11-10-12-28(34)49)60-32-16-27(47(6)7)41(20(3)58-32)62-33-17-29(50)42(21(4)59-33)61-31-14-13-26(19(2)57-31)46-45-22(5)48/h10-12,15,19-21,27,29-33,37,41-42,49-50,53,55H,9,13-14,16-18H2,1-8H3,(H,45,48)/b46-26-/t19?,20?,21?,27?,29-,30-,31-,32-,33-,37-,41?,42-,44+/m0/s1. The van der Waals surface area contributed by atoms with Gasteiger partial charge in [-0.05, 0) is 65.4 Å². The highest BCUT2D eigenvalue weighted by molar-refractivity contribution is 6.30. The molecule has 3 saturated heterocycles. The van der Waals surface area contributed by atoms with E-state index in [4.69, 9.17) is 33.2 Å². The Bertz CT molecular complexity index is 2100. The zero-order valence-corrected chi connectivity index (χ0v) is 36.2. The molecule has 5 N–H and O–H groups in total. The number of phenolic OH excluding ortho intramolecular Hbond substituents is 2. The molecule has 0 spiro atoms. The highest BCUT2D eigenvalue weighted by atomic mass is 16.7. The molecular formula is C44H57N3O15. The minimum atomic E-state index is -1.76. The number of carbonyl (C=O) groups is 4. The highest BCUT2D eigenvalue weighted by Crippen LogP contribution is 2.54. The Morgan fingerprint density at radius 2 is 1.61 bits per heavy atom. The lowest BCUT2D eigenvalue weighted by atomic mass is 9.67. The molecule has 0 bridgehead atoms. The molecule has 2 aliphatic carbocycles. The Balaban J connectivity index is 1.09. The van der Waals surface area contributed by atoms with Crippen LogP contribution >= 0.6 is 0 Å². The number of aromatic hydroxyl groups is 2. The predicted molar refractivity (Wildman–Crippen MR) is 217 cm³/mol. The van der Waals surface area contributed by atoms with Gasteiger partial charge in [-0.1, -0.05) is 19.1 Å². The fourth-order valence-corrected chi connectivity index (χ4v) is 9.58. The second-order valence-electron chi connectivity index (χ2n) is 17.1. The Labute approximate surface area is 359 Å². The van der Waals surface area contributed by atoms with E-state index in [1.54, 1.807) is 13.8 Å². The van der Waals surface area contributed by atoms with Gasteiger partial charge < -0.3 is 58.5 Å². The first-order chi connectivity index (χ1) is 29.4. The van der Waals surface area contributed by atoms with E-state index < -0.39 is 102 Å². The number of ketones is 2. The third-order valence-corrected chi connectivity index (χ3v) is 12.8. The number of aliphatic hydroxyl groups excluding tert-OH is 1. The molecule has 13 atom stereocenters. The van der Waals surface area contributed by atoms with Gasteiger partial charge in [0.25, 0.3) is 0 Å².